The molecule has 3 aromatic rings. The molecule has 0 saturated heterocycles. The number of aromatic amines is 1. The summed E-state index contributed by atoms with van der Waals surface area (Å²) in [7, 11) is 3.76. The number of H-pyrrole nitrogens is 1. The highest BCUT2D eigenvalue weighted by atomic mass is 16.1. The normalized spacial score (nSPS) is 11.9. The van der Waals surface area contributed by atoms with Gasteiger partial charge >= 0.3 is 0 Å². The minimum Gasteiger partial charge on any atom is -0.347 e. The van der Waals surface area contributed by atoms with E-state index in [2.05, 4.69) is 48.0 Å². The van der Waals surface area contributed by atoms with Crippen LogP contribution in [0, 0.1) is 0 Å². The zero-order chi connectivity index (χ0) is 16.8. The van der Waals surface area contributed by atoms with Crippen LogP contribution < -0.4 is 10.5 Å². The van der Waals surface area contributed by atoms with Crippen LogP contribution in [0.3, 0.4) is 0 Å². The maximum atomic E-state index is 11.6. The van der Waals surface area contributed by atoms with Crippen LogP contribution in [0.4, 0.5) is 5.95 Å². The Morgan fingerprint density at radius 3 is 2.30 bits per heavy atom. The molecule has 1 N–H and O–H groups in total. The van der Waals surface area contributed by atoms with Crippen molar-refractivity contribution in [3.63, 3.8) is 0 Å². The monoisotopic (exact) mass is 311 g/mol. The Morgan fingerprint density at radius 2 is 1.74 bits per heavy atom. The Morgan fingerprint density at radius 1 is 1.09 bits per heavy atom. The highest BCUT2D eigenvalue weighted by Crippen LogP contribution is 2.25. The molecule has 0 radical (unpaired) electrons. The fourth-order valence-electron chi connectivity index (χ4n) is 2.44. The molecule has 0 aliphatic rings. The molecule has 3 rings (SSSR count). The Kier molecular flexibility index (Phi) is 3.47. The van der Waals surface area contributed by atoms with Crippen LogP contribution in [0.1, 0.15) is 26.3 Å². The van der Waals surface area contributed by atoms with Gasteiger partial charge in [0.05, 0.1) is 0 Å². The van der Waals surface area contributed by atoms with Crippen molar-refractivity contribution in [2.45, 2.75) is 26.2 Å². The summed E-state index contributed by atoms with van der Waals surface area (Å²) in [5.41, 5.74) is 2.66. The van der Waals surface area contributed by atoms with Gasteiger partial charge < -0.3 is 4.90 Å². The number of hydrogen-bond donors (Lipinski definition) is 1. The standard InChI is InChI=1S/C17H21N5O/c1-17(2,3)12-8-6-11(7-9-12)15-18-13-10-14(23)20-22(13)16(19-15)21(4)5/h6-10H,1-5H3,(H,20,23). The first-order chi connectivity index (χ1) is 10.8. The zero-order valence-corrected chi connectivity index (χ0v) is 14.1. The molecule has 2 heterocycles. The highest BCUT2D eigenvalue weighted by molar-refractivity contribution is 5.61. The lowest BCUT2D eigenvalue weighted by atomic mass is 9.87. The number of anilines is 1. The molecule has 0 saturated carbocycles. The van der Waals surface area contributed by atoms with Gasteiger partial charge in [0.25, 0.3) is 5.56 Å². The average Bonchev–Trinajstić information content (AvgIpc) is 2.85. The number of rotatable bonds is 2. The van der Waals surface area contributed by atoms with Crippen LogP contribution in [-0.2, 0) is 5.41 Å². The van der Waals surface area contributed by atoms with Gasteiger partial charge in [-0.2, -0.15) is 4.98 Å². The minimum absolute atomic E-state index is 0.103. The van der Waals surface area contributed by atoms with Crippen LogP contribution in [-0.4, -0.2) is 33.7 Å². The summed E-state index contributed by atoms with van der Waals surface area (Å²) in [6.45, 7) is 6.54. The van der Waals surface area contributed by atoms with Gasteiger partial charge in [-0.25, -0.2) is 9.50 Å². The molecule has 0 aliphatic carbocycles. The molecule has 0 atom stereocenters. The Hall–Kier alpha value is -2.63. The molecular weight excluding hydrogens is 290 g/mol. The van der Waals surface area contributed by atoms with Gasteiger partial charge in [0, 0.05) is 25.7 Å². The van der Waals surface area contributed by atoms with Gasteiger partial charge in [-0.15, -0.1) is 0 Å². The Bertz CT molecular complexity index is 897. The van der Waals surface area contributed by atoms with Crippen molar-refractivity contribution in [2.24, 2.45) is 0 Å². The van der Waals surface area contributed by atoms with Gasteiger partial charge in [0.1, 0.15) is 0 Å². The van der Waals surface area contributed by atoms with E-state index in [1.54, 1.807) is 4.52 Å². The quantitative estimate of drug-likeness (QED) is 0.789. The van der Waals surface area contributed by atoms with Gasteiger partial charge in [0.15, 0.2) is 11.5 Å². The summed E-state index contributed by atoms with van der Waals surface area (Å²) in [6, 6.07) is 9.72. The molecule has 1 aromatic carbocycles. The first kappa shape index (κ1) is 15.3. The van der Waals surface area contributed by atoms with Crippen molar-refractivity contribution in [3.8, 4) is 11.4 Å². The van der Waals surface area contributed by atoms with E-state index < -0.39 is 0 Å². The maximum absolute atomic E-state index is 11.6. The van der Waals surface area contributed by atoms with Crippen molar-refractivity contribution >= 4 is 11.6 Å². The van der Waals surface area contributed by atoms with E-state index >= 15 is 0 Å². The van der Waals surface area contributed by atoms with Crippen molar-refractivity contribution in [1.82, 2.24) is 19.6 Å². The van der Waals surface area contributed by atoms with Gasteiger partial charge in [0.2, 0.25) is 5.95 Å². The predicted molar refractivity (Wildman–Crippen MR) is 92.1 cm³/mol. The number of aromatic nitrogens is 4. The lowest BCUT2D eigenvalue weighted by Gasteiger charge is -2.19. The minimum atomic E-state index is -0.192. The summed E-state index contributed by atoms with van der Waals surface area (Å²) in [5, 5.41) is 2.71. The third kappa shape index (κ3) is 2.84. The Labute approximate surface area is 134 Å². The van der Waals surface area contributed by atoms with E-state index in [9.17, 15) is 4.79 Å². The first-order valence-corrected chi connectivity index (χ1v) is 7.54. The second-order valence-electron chi connectivity index (χ2n) is 6.88. The molecule has 120 valence electrons. The van der Waals surface area contributed by atoms with E-state index in [1.807, 2.05) is 31.1 Å². The third-order valence-corrected chi connectivity index (χ3v) is 3.75. The average molecular weight is 311 g/mol. The summed E-state index contributed by atoms with van der Waals surface area (Å²) >= 11 is 0. The van der Waals surface area contributed by atoms with Gasteiger partial charge in [-0.1, -0.05) is 45.0 Å². The van der Waals surface area contributed by atoms with Crippen LogP contribution in [0.15, 0.2) is 35.1 Å². The molecular formula is C17H21N5O. The summed E-state index contributed by atoms with van der Waals surface area (Å²) in [5.74, 6) is 1.24. The topological polar surface area (TPSA) is 66.3 Å². The van der Waals surface area contributed by atoms with E-state index in [1.165, 1.54) is 11.6 Å². The number of fused-ring (bicyclic) bond motifs is 1. The zero-order valence-electron chi connectivity index (χ0n) is 14.1. The largest absolute Gasteiger partial charge is 0.347 e. The molecule has 0 unspecified atom stereocenters. The highest BCUT2D eigenvalue weighted by Gasteiger charge is 2.15. The molecule has 6 heteroatoms. The van der Waals surface area contributed by atoms with Crippen molar-refractivity contribution in [3.05, 3.63) is 46.2 Å². The van der Waals surface area contributed by atoms with Crippen molar-refractivity contribution in [2.75, 3.05) is 19.0 Å². The lowest BCUT2D eigenvalue weighted by molar-refractivity contribution is 0.590. The smallest absolute Gasteiger partial charge is 0.266 e. The number of hydrogen-bond acceptors (Lipinski definition) is 4. The van der Waals surface area contributed by atoms with E-state index in [0.29, 0.717) is 17.4 Å². The SMILES string of the molecule is CN(C)c1nc(-c2ccc(C(C)(C)C)cc2)nc2cc(=O)[nH]n12. The number of nitrogens with zero attached hydrogens (tertiary/aromatic N) is 4. The second-order valence-corrected chi connectivity index (χ2v) is 6.88. The fraction of sp³-hybridized carbons (Fsp3) is 0.353. The summed E-state index contributed by atoms with van der Waals surface area (Å²) in [6.07, 6.45) is 0. The lowest BCUT2D eigenvalue weighted by Crippen LogP contribution is -2.17. The van der Waals surface area contributed by atoms with Crippen LogP contribution in [0.25, 0.3) is 17.0 Å². The Balaban J connectivity index is 2.14. The molecule has 6 nitrogen and oxygen atoms in total. The molecule has 0 spiro atoms. The number of nitrogens with one attached hydrogen (secondary N) is 1. The predicted octanol–water partition coefficient (Wildman–Crippen LogP) is 2.45. The molecule has 2 aromatic heterocycles. The van der Waals surface area contributed by atoms with Crippen molar-refractivity contribution < 1.29 is 0 Å². The molecule has 0 amide bonds. The molecule has 23 heavy (non-hydrogen) atoms. The van der Waals surface area contributed by atoms with Crippen LogP contribution >= 0.6 is 0 Å². The third-order valence-electron chi connectivity index (χ3n) is 3.75. The summed E-state index contributed by atoms with van der Waals surface area (Å²) in [4.78, 5) is 22.5. The fourth-order valence-corrected chi connectivity index (χ4v) is 2.44. The van der Waals surface area contributed by atoms with Gasteiger partial charge in [-0.3, -0.25) is 9.89 Å². The van der Waals surface area contributed by atoms with E-state index in [-0.39, 0.29) is 11.0 Å². The van der Waals surface area contributed by atoms with Crippen LogP contribution in [0.5, 0.6) is 0 Å². The first-order valence-electron chi connectivity index (χ1n) is 7.54. The molecule has 0 aliphatic heterocycles. The summed E-state index contributed by atoms with van der Waals surface area (Å²) < 4.78 is 1.59. The van der Waals surface area contributed by atoms with Crippen LogP contribution in [0.2, 0.25) is 0 Å². The molecule has 0 bridgehead atoms. The van der Waals surface area contributed by atoms with Gasteiger partial charge in [-0.05, 0) is 11.0 Å². The number of benzene rings is 1. The van der Waals surface area contributed by atoms with E-state index in [4.69, 9.17) is 0 Å². The van der Waals surface area contributed by atoms with Crippen molar-refractivity contribution in [1.29, 1.82) is 0 Å². The second kappa shape index (κ2) is 5.22. The molecule has 0 fully saturated rings. The maximum Gasteiger partial charge on any atom is 0.266 e. The van der Waals surface area contributed by atoms with E-state index in [0.717, 1.165) is 5.56 Å².